The Morgan fingerprint density at radius 3 is 2.67 bits per heavy atom. The summed E-state index contributed by atoms with van der Waals surface area (Å²) < 4.78 is 6.20. The summed E-state index contributed by atoms with van der Waals surface area (Å²) in [5.41, 5.74) is 1.95. The minimum Gasteiger partial charge on any atom is -0.478 e. The Bertz CT molecular complexity index is 554. The van der Waals surface area contributed by atoms with Crippen molar-refractivity contribution in [2.75, 3.05) is 0 Å². The Hall–Kier alpha value is -1.29. The highest BCUT2D eigenvalue weighted by molar-refractivity contribution is 9.10. The normalized spacial score (nSPS) is 10.9. The van der Waals surface area contributed by atoms with E-state index < -0.39 is 5.97 Å². The number of carboxylic acid groups (broad SMARTS) is 1. The van der Waals surface area contributed by atoms with Crippen molar-refractivity contribution in [3.8, 4) is 0 Å². The van der Waals surface area contributed by atoms with Gasteiger partial charge in [-0.3, -0.25) is 0 Å². The Labute approximate surface area is 94.8 Å². The number of rotatable bonds is 1. The van der Waals surface area contributed by atoms with Crippen LogP contribution in [0.15, 0.2) is 21.0 Å². The predicted octanol–water partition coefficient (Wildman–Crippen LogP) is 3.51. The molecule has 0 atom stereocenters. The zero-order valence-corrected chi connectivity index (χ0v) is 9.88. The second kappa shape index (κ2) is 3.38. The summed E-state index contributed by atoms with van der Waals surface area (Å²) in [5, 5.41) is 9.76. The van der Waals surface area contributed by atoms with Crippen molar-refractivity contribution in [2.24, 2.45) is 0 Å². The molecular weight excluding hydrogens is 260 g/mol. The van der Waals surface area contributed by atoms with Gasteiger partial charge in [-0.15, -0.1) is 0 Å². The molecule has 0 saturated carbocycles. The minimum absolute atomic E-state index is 0.262. The van der Waals surface area contributed by atoms with Gasteiger partial charge < -0.3 is 9.52 Å². The molecule has 1 aromatic carbocycles. The second-order valence-electron chi connectivity index (χ2n) is 3.42. The third kappa shape index (κ3) is 1.55. The molecule has 2 rings (SSSR count). The molecule has 0 radical (unpaired) electrons. The minimum atomic E-state index is -0.934. The summed E-state index contributed by atoms with van der Waals surface area (Å²) in [4.78, 5) is 10.9. The van der Waals surface area contributed by atoms with E-state index in [9.17, 15) is 4.79 Å². The number of fused-ring (bicyclic) bond motifs is 1. The molecular formula is C11H9BrO3. The van der Waals surface area contributed by atoms with E-state index in [1.165, 1.54) is 0 Å². The van der Waals surface area contributed by atoms with Crippen LogP contribution in [-0.2, 0) is 0 Å². The molecule has 4 heteroatoms. The number of aryl methyl sites for hydroxylation is 2. The highest BCUT2D eigenvalue weighted by Crippen LogP contribution is 2.31. The third-order valence-corrected chi connectivity index (χ3v) is 3.07. The first-order valence-corrected chi connectivity index (χ1v) is 5.22. The van der Waals surface area contributed by atoms with E-state index in [2.05, 4.69) is 15.9 Å². The van der Waals surface area contributed by atoms with Crippen molar-refractivity contribution in [1.29, 1.82) is 0 Å². The third-order valence-electron chi connectivity index (χ3n) is 2.48. The Morgan fingerprint density at radius 2 is 2.07 bits per heavy atom. The number of aromatic carboxylic acids is 1. The lowest BCUT2D eigenvalue weighted by Crippen LogP contribution is -1.95. The lowest BCUT2D eigenvalue weighted by Gasteiger charge is -1.97. The number of benzene rings is 1. The molecule has 0 bridgehead atoms. The van der Waals surface area contributed by atoms with Gasteiger partial charge in [0.2, 0.25) is 0 Å². The van der Waals surface area contributed by atoms with Gasteiger partial charge in [-0.1, -0.05) is 0 Å². The van der Waals surface area contributed by atoms with Crippen LogP contribution in [-0.4, -0.2) is 11.1 Å². The fraction of sp³-hybridized carbons (Fsp3) is 0.182. The predicted molar refractivity (Wildman–Crippen MR) is 60.3 cm³/mol. The fourth-order valence-corrected chi connectivity index (χ4v) is 2.06. The van der Waals surface area contributed by atoms with Crippen LogP contribution in [0.1, 0.15) is 21.7 Å². The summed E-state index contributed by atoms with van der Waals surface area (Å²) in [6.07, 6.45) is 0. The molecule has 1 heterocycles. The van der Waals surface area contributed by atoms with Gasteiger partial charge in [0.05, 0.1) is 10.0 Å². The van der Waals surface area contributed by atoms with Crippen LogP contribution in [0.25, 0.3) is 11.0 Å². The first kappa shape index (κ1) is 10.2. The van der Waals surface area contributed by atoms with Crippen molar-refractivity contribution in [1.82, 2.24) is 0 Å². The van der Waals surface area contributed by atoms with Gasteiger partial charge in [-0.25, -0.2) is 4.79 Å². The summed E-state index contributed by atoms with van der Waals surface area (Å²) >= 11 is 3.31. The number of carbonyl (C=O) groups is 1. The van der Waals surface area contributed by atoms with Crippen LogP contribution in [0.5, 0.6) is 0 Å². The van der Waals surface area contributed by atoms with Crippen LogP contribution in [0.3, 0.4) is 0 Å². The molecule has 0 aliphatic heterocycles. The first-order valence-electron chi connectivity index (χ1n) is 4.43. The second-order valence-corrected chi connectivity index (χ2v) is 4.28. The topological polar surface area (TPSA) is 50.4 Å². The van der Waals surface area contributed by atoms with Crippen LogP contribution >= 0.6 is 15.9 Å². The van der Waals surface area contributed by atoms with Crippen LogP contribution < -0.4 is 0 Å². The van der Waals surface area contributed by atoms with E-state index in [1.807, 2.05) is 13.8 Å². The molecule has 3 nitrogen and oxygen atoms in total. The maximum Gasteiger partial charge on any atom is 0.335 e. The molecule has 1 aromatic heterocycles. The number of carboxylic acids is 1. The quantitative estimate of drug-likeness (QED) is 0.861. The van der Waals surface area contributed by atoms with Crippen LogP contribution in [0.2, 0.25) is 0 Å². The highest BCUT2D eigenvalue weighted by Gasteiger charge is 2.13. The van der Waals surface area contributed by atoms with Crippen LogP contribution in [0.4, 0.5) is 0 Å². The Morgan fingerprint density at radius 1 is 1.40 bits per heavy atom. The van der Waals surface area contributed by atoms with Gasteiger partial charge in [0.1, 0.15) is 11.3 Å². The molecule has 0 unspecified atom stereocenters. The molecule has 1 N–H and O–H groups in total. The van der Waals surface area contributed by atoms with Gasteiger partial charge in [-0.2, -0.15) is 0 Å². The largest absolute Gasteiger partial charge is 0.478 e. The van der Waals surface area contributed by atoms with Crippen LogP contribution in [0, 0.1) is 13.8 Å². The first-order chi connectivity index (χ1) is 7.00. The van der Waals surface area contributed by atoms with Crippen molar-refractivity contribution in [2.45, 2.75) is 13.8 Å². The van der Waals surface area contributed by atoms with Gasteiger partial charge in [0.15, 0.2) is 0 Å². The molecule has 0 saturated heterocycles. The zero-order valence-electron chi connectivity index (χ0n) is 8.30. The zero-order chi connectivity index (χ0) is 11.2. The van der Waals surface area contributed by atoms with E-state index in [1.54, 1.807) is 12.1 Å². The number of furan rings is 1. The molecule has 15 heavy (non-hydrogen) atoms. The molecule has 2 aromatic rings. The van der Waals surface area contributed by atoms with E-state index >= 15 is 0 Å². The summed E-state index contributed by atoms with van der Waals surface area (Å²) in [6, 6.07) is 3.18. The van der Waals surface area contributed by atoms with Crippen molar-refractivity contribution in [3.05, 3.63) is 33.5 Å². The van der Waals surface area contributed by atoms with Gasteiger partial charge in [0.25, 0.3) is 0 Å². The van der Waals surface area contributed by atoms with E-state index in [0.29, 0.717) is 10.1 Å². The molecule has 0 spiro atoms. The lowest BCUT2D eigenvalue weighted by atomic mass is 10.1. The van der Waals surface area contributed by atoms with Crippen molar-refractivity contribution >= 4 is 32.9 Å². The standard InChI is InChI=1S/C11H9BrO3/c1-5-6(2)15-10-8(5)3-7(11(13)14)4-9(10)12/h3-4H,1-2H3,(H,13,14). The smallest absolute Gasteiger partial charge is 0.335 e. The number of halogens is 1. The molecule has 0 aliphatic rings. The molecule has 0 fully saturated rings. The fourth-order valence-electron chi connectivity index (χ4n) is 1.52. The number of hydrogen-bond donors (Lipinski definition) is 1. The average Bonchev–Trinajstić information content (AvgIpc) is 2.45. The summed E-state index contributed by atoms with van der Waals surface area (Å²) in [7, 11) is 0. The SMILES string of the molecule is Cc1oc2c(Br)cc(C(=O)O)cc2c1C. The molecule has 0 amide bonds. The summed E-state index contributed by atoms with van der Waals surface area (Å²) in [6.45, 7) is 3.78. The van der Waals surface area contributed by atoms with Gasteiger partial charge >= 0.3 is 5.97 Å². The Kier molecular flexibility index (Phi) is 2.31. The molecule has 78 valence electrons. The van der Waals surface area contributed by atoms with E-state index in [0.717, 1.165) is 16.7 Å². The lowest BCUT2D eigenvalue weighted by molar-refractivity contribution is 0.0697. The number of hydrogen-bond acceptors (Lipinski definition) is 2. The van der Waals surface area contributed by atoms with E-state index in [4.69, 9.17) is 9.52 Å². The Balaban J connectivity index is 2.85. The maximum atomic E-state index is 10.9. The monoisotopic (exact) mass is 268 g/mol. The molecule has 0 aliphatic carbocycles. The van der Waals surface area contributed by atoms with Gasteiger partial charge in [-0.05, 0) is 47.5 Å². The average molecular weight is 269 g/mol. The van der Waals surface area contributed by atoms with E-state index in [-0.39, 0.29) is 5.56 Å². The highest BCUT2D eigenvalue weighted by atomic mass is 79.9. The van der Waals surface area contributed by atoms with Crippen molar-refractivity contribution < 1.29 is 14.3 Å². The van der Waals surface area contributed by atoms with Crippen molar-refractivity contribution in [3.63, 3.8) is 0 Å². The maximum absolute atomic E-state index is 10.9. The van der Waals surface area contributed by atoms with Gasteiger partial charge in [0, 0.05) is 5.39 Å². The summed E-state index contributed by atoms with van der Waals surface area (Å²) in [5.74, 6) is -0.121.